The number of carbonyl (C=O) groups is 1. The molecule has 0 saturated carbocycles. The van der Waals surface area contributed by atoms with E-state index < -0.39 is 5.72 Å². The number of benzene rings is 1. The SMILES string of the molecule is CCC1=NN(C(=O)c2cccc(Br)c2)C(O)(c2cccnc2)C1. The second-order valence-electron chi connectivity index (χ2n) is 5.38. The molecule has 0 aliphatic carbocycles. The summed E-state index contributed by atoms with van der Waals surface area (Å²) in [6, 6.07) is 10.5. The zero-order valence-electron chi connectivity index (χ0n) is 12.6. The minimum absolute atomic E-state index is 0.287. The maximum Gasteiger partial charge on any atom is 0.276 e. The summed E-state index contributed by atoms with van der Waals surface area (Å²) < 4.78 is 0.798. The van der Waals surface area contributed by atoms with Crippen LogP contribution in [0.2, 0.25) is 0 Å². The van der Waals surface area contributed by atoms with Crippen molar-refractivity contribution in [3.8, 4) is 0 Å². The average Bonchev–Trinajstić information content (AvgIpc) is 2.93. The number of amides is 1. The maximum atomic E-state index is 12.9. The van der Waals surface area contributed by atoms with Gasteiger partial charge in [-0.15, -0.1) is 0 Å². The molecule has 1 aromatic carbocycles. The zero-order valence-corrected chi connectivity index (χ0v) is 14.2. The molecule has 1 aliphatic heterocycles. The molecule has 1 aromatic heterocycles. The topological polar surface area (TPSA) is 65.8 Å². The normalized spacial score (nSPS) is 20.5. The molecule has 118 valence electrons. The van der Waals surface area contributed by atoms with Crippen molar-refractivity contribution in [2.75, 3.05) is 0 Å². The van der Waals surface area contributed by atoms with Gasteiger partial charge in [0.05, 0.1) is 0 Å². The lowest BCUT2D eigenvalue weighted by Crippen LogP contribution is -2.43. The van der Waals surface area contributed by atoms with Crippen LogP contribution in [0.15, 0.2) is 58.4 Å². The van der Waals surface area contributed by atoms with E-state index in [0.29, 0.717) is 17.5 Å². The van der Waals surface area contributed by atoms with Crippen LogP contribution >= 0.6 is 15.9 Å². The van der Waals surface area contributed by atoms with E-state index in [-0.39, 0.29) is 12.3 Å². The molecule has 6 heteroatoms. The Labute approximate surface area is 142 Å². The maximum absolute atomic E-state index is 12.9. The average molecular weight is 374 g/mol. The van der Waals surface area contributed by atoms with Crippen LogP contribution in [0, 0.1) is 0 Å². The quantitative estimate of drug-likeness (QED) is 0.897. The summed E-state index contributed by atoms with van der Waals surface area (Å²) in [6.45, 7) is 1.95. The Kier molecular flexibility index (Phi) is 4.28. The minimum Gasteiger partial charge on any atom is -0.365 e. The lowest BCUT2D eigenvalue weighted by atomic mass is 9.97. The van der Waals surface area contributed by atoms with Gasteiger partial charge in [0.15, 0.2) is 5.72 Å². The number of aromatic nitrogens is 1. The van der Waals surface area contributed by atoms with E-state index >= 15 is 0 Å². The number of pyridine rings is 1. The van der Waals surface area contributed by atoms with Gasteiger partial charge in [0.1, 0.15) is 0 Å². The van der Waals surface area contributed by atoms with Crippen molar-refractivity contribution in [1.29, 1.82) is 0 Å². The number of carbonyl (C=O) groups excluding carboxylic acids is 1. The number of aliphatic hydroxyl groups is 1. The van der Waals surface area contributed by atoms with Crippen LogP contribution in [-0.4, -0.2) is 26.7 Å². The van der Waals surface area contributed by atoms with Gasteiger partial charge in [-0.25, -0.2) is 0 Å². The predicted molar refractivity (Wildman–Crippen MR) is 90.8 cm³/mol. The van der Waals surface area contributed by atoms with Gasteiger partial charge >= 0.3 is 0 Å². The smallest absolute Gasteiger partial charge is 0.276 e. The monoisotopic (exact) mass is 373 g/mol. The molecule has 1 N–H and O–H groups in total. The number of hydrazone groups is 1. The molecule has 0 saturated heterocycles. The molecule has 0 fully saturated rings. The lowest BCUT2D eigenvalue weighted by molar-refractivity contribution is -0.0767. The Morgan fingerprint density at radius 3 is 2.87 bits per heavy atom. The van der Waals surface area contributed by atoms with Crippen LogP contribution in [0.4, 0.5) is 0 Å². The molecule has 3 rings (SSSR count). The van der Waals surface area contributed by atoms with Crippen molar-refractivity contribution in [2.45, 2.75) is 25.5 Å². The van der Waals surface area contributed by atoms with Crippen molar-refractivity contribution in [3.05, 3.63) is 64.4 Å². The summed E-state index contributed by atoms with van der Waals surface area (Å²) >= 11 is 3.36. The Morgan fingerprint density at radius 1 is 1.39 bits per heavy atom. The molecule has 2 heterocycles. The Bertz CT molecular complexity index is 763. The first kappa shape index (κ1) is 15.8. The number of halogens is 1. The van der Waals surface area contributed by atoms with Gasteiger partial charge in [-0.3, -0.25) is 9.78 Å². The molecule has 0 spiro atoms. The van der Waals surface area contributed by atoms with Gasteiger partial charge in [-0.1, -0.05) is 35.0 Å². The fourth-order valence-electron chi connectivity index (χ4n) is 2.60. The summed E-state index contributed by atoms with van der Waals surface area (Å²) in [5.74, 6) is -0.346. The second kappa shape index (κ2) is 6.22. The summed E-state index contributed by atoms with van der Waals surface area (Å²) in [7, 11) is 0. The summed E-state index contributed by atoms with van der Waals surface area (Å²) in [5.41, 5.74) is 0.289. The molecule has 0 bridgehead atoms. The fourth-order valence-corrected chi connectivity index (χ4v) is 3.00. The summed E-state index contributed by atoms with van der Waals surface area (Å²) in [5, 5.41) is 16.7. The van der Waals surface area contributed by atoms with Gasteiger partial charge in [0, 0.05) is 40.1 Å². The van der Waals surface area contributed by atoms with E-state index in [1.54, 1.807) is 42.7 Å². The van der Waals surface area contributed by atoms with Gasteiger partial charge in [0.2, 0.25) is 0 Å². The molecule has 1 unspecified atom stereocenters. The van der Waals surface area contributed by atoms with Crippen LogP contribution in [0.1, 0.15) is 35.7 Å². The summed E-state index contributed by atoms with van der Waals surface area (Å²) in [4.78, 5) is 16.9. The molecule has 5 nitrogen and oxygen atoms in total. The minimum atomic E-state index is -1.50. The highest BCUT2D eigenvalue weighted by Crippen LogP contribution is 2.36. The van der Waals surface area contributed by atoms with Gasteiger partial charge in [-0.05, 0) is 30.7 Å². The Balaban J connectivity index is 2.03. The number of hydrogen-bond donors (Lipinski definition) is 1. The highest BCUT2D eigenvalue weighted by Gasteiger charge is 2.45. The zero-order chi connectivity index (χ0) is 16.4. The molecule has 1 atom stereocenters. The van der Waals surface area contributed by atoms with E-state index in [1.165, 1.54) is 5.01 Å². The highest BCUT2D eigenvalue weighted by molar-refractivity contribution is 9.10. The highest BCUT2D eigenvalue weighted by atomic mass is 79.9. The van der Waals surface area contributed by atoms with Crippen molar-refractivity contribution < 1.29 is 9.90 Å². The van der Waals surface area contributed by atoms with Crippen LogP contribution in [0.5, 0.6) is 0 Å². The molecule has 0 radical (unpaired) electrons. The molecular formula is C17H16BrN3O2. The van der Waals surface area contributed by atoms with Crippen molar-refractivity contribution in [1.82, 2.24) is 9.99 Å². The van der Waals surface area contributed by atoms with Gasteiger partial charge in [-0.2, -0.15) is 10.1 Å². The van der Waals surface area contributed by atoms with E-state index in [1.807, 2.05) is 13.0 Å². The predicted octanol–water partition coefficient (Wildman–Crippen LogP) is 3.30. The Hall–Kier alpha value is -2.05. The van der Waals surface area contributed by atoms with Crippen LogP contribution < -0.4 is 0 Å². The first-order valence-corrected chi connectivity index (χ1v) is 8.13. The van der Waals surface area contributed by atoms with Gasteiger partial charge < -0.3 is 5.11 Å². The number of rotatable bonds is 3. The molecular weight excluding hydrogens is 358 g/mol. The van der Waals surface area contributed by atoms with E-state index in [4.69, 9.17) is 0 Å². The third-order valence-corrected chi connectivity index (χ3v) is 4.33. The largest absolute Gasteiger partial charge is 0.365 e. The third-order valence-electron chi connectivity index (χ3n) is 3.84. The van der Waals surface area contributed by atoms with Crippen molar-refractivity contribution in [3.63, 3.8) is 0 Å². The van der Waals surface area contributed by atoms with Crippen molar-refractivity contribution >= 4 is 27.5 Å². The molecule has 1 aliphatic rings. The van der Waals surface area contributed by atoms with Crippen LogP contribution in [0.25, 0.3) is 0 Å². The van der Waals surface area contributed by atoms with E-state index in [9.17, 15) is 9.90 Å². The molecule has 1 amide bonds. The summed E-state index contributed by atoms with van der Waals surface area (Å²) in [6.07, 6.45) is 4.15. The lowest BCUT2D eigenvalue weighted by Gasteiger charge is -2.31. The van der Waals surface area contributed by atoms with E-state index in [0.717, 1.165) is 10.2 Å². The first-order valence-electron chi connectivity index (χ1n) is 7.34. The standard InChI is InChI=1S/C17H16BrN3O2/c1-2-15-10-17(23,13-6-4-8-19-11-13)21(20-15)16(22)12-5-3-7-14(18)9-12/h3-9,11,23H,2,10H2,1H3. The number of nitrogens with zero attached hydrogens (tertiary/aromatic N) is 3. The van der Waals surface area contributed by atoms with Gasteiger partial charge in [0.25, 0.3) is 5.91 Å². The first-order chi connectivity index (χ1) is 11.0. The van der Waals surface area contributed by atoms with Crippen LogP contribution in [-0.2, 0) is 5.72 Å². The number of hydrogen-bond acceptors (Lipinski definition) is 4. The van der Waals surface area contributed by atoms with Crippen molar-refractivity contribution in [2.24, 2.45) is 5.10 Å². The third kappa shape index (κ3) is 2.92. The van der Waals surface area contributed by atoms with Crippen LogP contribution in [0.3, 0.4) is 0 Å². The molecule has 2 aromatic rings. The Morgan fingerprint density at radius 2 is 2.22 bits per heavy atom. The second-order valence-corrected chi connectivity index (χ2v) is 6.30. The van der Waals surface area contributed by atoms with E-state index in [2.05, 4.69) is 26.0 Å². The molecule has 23 heavy (non-hydrogen) atoms. The fraction of sp³-hybridized carbons (Fsp3) is 0.235.